The molecule has 32 heavy (non-hydrogen) atoms. The summed E-state index contributed by atoms with van der Waals surface area (Å²) in [6, 6.07) is 15.6. The lowest BCUT2D eigenvalue weighted by molar-refractivity contribution is 0.0950. The van der Waals surface area contributed by atoms with Crippen molar-refractivity contribution in [1.82, 2.24) is 15.6 Å². The van der Waals surface area contributed by atoms with Crippen molar-refractivity contribution in [1.29, 1.82) is 0 Å². The number of aromatic hydroxyl groups is 1. The van der Waals surface area contributed by atoms with Gasteiger partial charge in [-0.2, -0.15) is 0 Å². The lowest BCUT2D eigenvalue weighted by atomic mass is 10.0. The number of aliphatic hydroxyl groups is 1. The summed E-state index contributed by atoms with van der Waals surface area (Å²) < 4.78 is 0. The van der Waals surface area contributed by atoms with Crippen LogP contribution in [0.25, 0.3) is 0 Å². The number of nitrogens with one attached hydrogen (secondary N) is 2. The molecule has 0 spiro atoms. The van der Waals surface area contributed by atoms with Crippen molar-refractivity contribution >= 4 is 23.3 Å². The van der Waals surface area contributed by atoms with Crippen molar-refractivity contribution in [2.24, 2.45) is 0 Å². The zero-order chi connectivity index (χ0) is 23.1. The number of phenolic OH excluding ortho intramolecular Hbond substituents is 1. The number of carbonyl (C=O) groups excluding carboxylic acids is 1. The maximum Gasteiger partial charge on any atom is 0.251 e. The molecule has 2 atom stereocenters. The summed E-state index contributed by atoms with van der Waals surface area (Å²) in [6.45, 7) is 2.56. The van der Waals surface area contributed by atoms with Gasteiger partial charge in [-0.05, 0) is 55.3 Å². The number of rotatable bonds is 9. The van der Waals surface area contributed by atoms with E-state index in [1.54, 1.807) is 36.5 Å². The van der Waals surface area contributed by atoms with Gasteiger partial charge in [-0.15, -0.1) is 0 Å². The van der Waals surface area contributed by atoms with Crippen molar-refractivity contribution in [3.8, 4) is 5.75 Å². The van der Waals surface area contributed by atoms with Crippen LogP contribution in [0.4, 0.5) is 5.82 Å². The number of nitrogens with two attached hydrogens (primary N) is 1. The molecule has 2 aromatic carbocycles. The summed E-state index contributed by atoms with van der Waals surface area (Å²) in [5.74, 6) is 0.258. The van der Waals surface area contributed by atoms with Crippen molar-refractivity contribution < 1.29 is 15.0 Å². The summed E-state index contributed by atoms with van der Waals surface area (Å²) in [5, 5.41) is 26.8. The second kappa shape index (κ2) is 10.9. The number of nitrogens with zero attached hydrogens (tertiary/aromatic N) is 1. The van der Waals surface area contributed by atoms with E-state index in [0.29, 0.717) is 40.5 Å². The number of amides is 1. The summed E-state index contributed by atoms with van der Waals surface area (Å²) >= 11 is 5.95. The Kier molecular flexibility index (Phi) is 8.05. The molecule has 3 rings (SSSR count). The summed E-state index contributed by atoms with van der Waals surface area (Å²) in [5.41, 5.74) is 8.35. The number of carbonyl (C=O) groups is 1. The van der Waals surface area contributed by atoms with Gasteiger partial charge in [0.05, 0.1) is 6.10 Å². The Labute approximate surface area is 192 Å². The van der Waals surface area contributed by atoms with Crippen molar-refractivity contribution in [2.45, 2.75) is 32.0 Å². The van der Waals surface area contributed by atoms with Crippen molar-refractivity contribution in [3.63, 3.8) is 0 Å². The first-order chi connectivity index (χ1) is 15.3. The van der Waals surface area contributed by atoms with E-state index in [4.69, 9.17) is 17.3 Å². The fraction of sp³-hybridized carbons (Fsp3) is 0.250. The lowest BCUT2D eigenvalue weighted by Gasteiger charge is -2.18. The highest BCUT2D eigenvalue weighted by Crippen LogP contribution is 2.21. The molecule has 1 amide bonds. The molecular formula is C24H27ClN4O3. The van der Waals surface area contributed by atoms with E-state index in [2.05, 4.69) is 15.6 Å². The third-order valence-electron chi connectivity index (χ3n) is 5.07. The third kappa shape index (κ3) is 6.68. The van der Waals surface area contributed by atoms with Gasteiger partial charge in [0.2, 0.25) is 0 Å². The number of nitrogen functional groups attached to an aromatic ring is 1. The Morgan fingerprint density at radius 3 is 2.75 bits per heavy atom. The maximum atomic E-state index is 12.6. The van der Waals surface area contributed by atoms with Gasteiger partial charge in [-0.25, -0.2) is 4.98 Å². The molecular weight excluding hydrogens is 428 g/mol. The predicted octanol–water partition coefficient (Wildman–Crippen LogP) is 3.21. The molecule has 0 saturated carbocycles. The smallest absolute Gasteiger partial charge is 0.251 e. The van der Waals surface area contributed by atoms with Gasteiger partial charge in [-0.1, -0.05) is 29.8 Å². The minimum absolute atomic E-state index is 0.0770. The minimum Gasteiger partial charge on any atom is -0.508 e. The number of aliphatic hydroxyl groups excluding tert-OH is 1. The number of pyridine rings is 1. The van der Waals surface area contributed by atoms with Gasteiger partial charge in [0.15, 0.2) is 0 Å². The summed E-state index contributed by atoms with van der Waals surface area (Å²) in [7, 11) is 0. The zero-order valence-corrected chi connectivity index (χ0v) is 18.5. The van der Waals surface area contributed by atoms with E-state index in [1.165, 1.54) is 6.07 Å². The number of hydrogen-bond donors (Lipinski definition) is 5. The summed E-state index contributed by atoms with van der Waals surface area (Å²) in [4.78, 5) is 16.6. The fourth-order valence-electron chi connectivity index (χ4n) is 3.28. The summed E-state index contributed by atoms with van der Waals surface area (Å²) in [6.07, 6.45) is 1.56. The van der Waals surface area contributed by atoms with E-state index in [0.717, 1.165) is 5.56 Å². The molecule has 0 bridgehead atoms. The molecule has 6 N–H and O–H groups in total. The molecule has 0 fully saturated rings. The maximum absolute atomic E-state index is 12.6. The first-order valence-corrected chi connectivity index (χ1v) is 10.7. The zero-order valence-electron chi connectivity index (χ0n) is 17.8. The van der Waals surface area contributed by atoms with Crippen LogP contribution in [0, 0.1) is 0 Å². The number of halogens is 1. The predicted molar refractivity (Wildman–Crippen MR) is 126 cm³/mol. The first-order valence-electron chi connectivity index (χ1n) is 10.3. The minimum atomic E-state index is -0.689. The molecule has 0 aliphatic rings. The largest absolute Gasteiger partial charge is 0.508 e. The molecule has 7 nitrogen and oxygen atoms in total. The Hall–Kier alpha value is -3.13. The van der Waals surface area contributed by atoms with E-state index in [-0.39, 0.29) is 24.2 Å². The molecule has 3 aromatic rings. The van der Waals surface area contributed by atoms with Crippen molar-refractivity contribution in [3.05, 3.63) is 88.1 Å². The normalized spacial score (nSPS) is 12.8. The number of aromatic nitrogens is 1. The lowest BCUT2D eigenvalue weighted by Crippen LogP contribution is -2.32. The number of phenols is 1. The Balaban J connectivity index is 1.52. The standard InChI is InChI=1S/C24H27ClN4O3/c1-15(27-14-22(31)18-5-8-23(26)28-12-18)9-16-3-2-4-17(10-16)24(32)29-13-19-11-20(25)6-7-21(19)30/h2-8,10-12,15,22,27,30-31H,9,13-14H2,1H3,(H2,26,28)(H,29,32)/t15-,22-/m1/s1. The van der Waals surface area contributed by atoms with E-state index in [1.807, 2.05) is 25.1 Å². The molecule has 8 heteroatoms. The van der Waals surface area contributed by atoms with Crippen LogP contribution in [0.2, 0.25) is 5.02 Å². The van der Waals surface area contributed by atoms with Gasteiger partial charge in [-0.3, -0.25) is 4.79 Å². The molecule has 0 saturated heterocycles. The van der Waals surface area contributed by atoms with Crippen molar-refractivity contribution in [2.75, 3.05) is 12.3 Å². The van der Waals surface area contributed by atoms with Gasteiger partial charge in [0.1, 0.15) is 11.6 Å². The van der Waals surface area contributed by atoms with Crippen LogP contribution in [0.5, 0.6) is 5.75 Å². The Bertz CT molecular complexity index is 1060. The van der Waals surface area contributed by atoms with Crippen LogP contribution >= 0.6 is 11.6 Å². The van der Waals surface area contributed by atoms with Gasteiger partial charge in [0.25, 0.3) is 5.91 Å². The number of hydrogen-bond acceptors (Lipinski definition) is 6. The average molecular weight is 455 g/mol. The SMILES string of the molecule is C[C@H](Cc1cccc(C(=O)NCc2cc(Cl)ccc2O)c1)NC[C@@H](O)c1ccc(N)nc1. The molecule has 0 aliphatic heterocycles. The Morgan fingerprint density at radius 2 is 2.00 bits per heavy atom. The quantitative estimate of drug-likeness (QED) is 0.338. The molecule has 1 aromatic heterocycles. The van der Waals surface area contributed by atoms with Gasteiger partial charge >= 0.3 is 0 Å². The van der Waals surface area contributed by atoms with Crippen LogP contribution in [0.15, 0.2) is 60.8 Å². The van der Waals surface area contributed by atoms with Crippen LogP contribution in [-0.4, -0.2) is 33.7 Å². The van der Waals surface area contributed by atoms with E-state index in [9.17, 15) is 15.0 Å². The van der Waals surface area contributed by atoms with Crippen LogP contribution in [0.1, 0.15) is 40.1 Å². The Morgan fingerprint density at radius 1 is 1.19 bits per heavy atom. The van der Waals surface area contributed by atoms with Crippen LogP contribution < -0.4 is 16.4 Å². The second-order valence-corrected chi connectivity index (χ2v) is 8.14. The third-order valence-corrected chi connectivity index (χ3v) is 5.30. The fourth-order valence-corrected chi connectivity index (χ4v) is 3.48. The molecule has 1 heterocycles. The topological polar surface area (TPSA) is 120 Å². The molecule has 168 valence electrons. The highest BCUT2D eigenvalue weighted by molar-refractivity contribution is 6.30. The van der Waals surface area contributed by atoms with E-state index < -0.39 is 6.10 Å². The first kappa shape index (κ1) is 23.5. The highest BCUT2D eigenvalue weighted by atomic mass is 35.5. The molecule has 0 aliphatic carbocycles. The second-order valence-electron chi connectivity index (χ2n) is 7.70. The molecule has 0 radical (unpaired) electrons. The van der Waals surface area contributed by atoms with E-state index >= 15 is 0 Å². The average Bonchev–Trinajstić information content (AvgIpc) is 2.78. The van der Waals surface area contributed by atoms with Crippen LogP contribution in [-0.2, 0) is 13.0 Å². The number of benzene rings is 2. The highest BCUT2D eigenvalue weighted by Gasteiger charge is 2.12. The number of anilines is 1. The van der Waals surface area contributed by atoms with Gasteiger partial charge < -0.3 is 26.6 Å². The van der Waals surface area contributed by atoms with Crippen LogP contribution in [0.3, 0.4) is 0 Å². The monoisotopic (exact) mass is 454 g/mol. The molecule has 0 unspecified atom stereocenters. The van der Waals surface area contributed by atoms with Gasteiger partial charge in [0, 0.05) is 47.0 Å².